The number of aliphatic carboxylic acids is 1. The Hall–Kier alpha value is -3.47. The van der Waals surface area contributed by atoms with Crippen molar-refractivity contribution in [3.63, 3.8) is 0 Å². The van der Waals surface area contributed by atoms with Crippen LogP contribution in [0.2, 0.25) is 0 Å². The number of benzene rings is 1. The molecule has 0 saturated carbocycles. The minimum atomic E-state index is -1.28. The largest absolute Gasteiger partial charge is 0.477 e. The lowest BCUT2D eigenvalue weighted by atomic mass is 10.0. The van der Waals surface area contributed by atoms with Crippen molar-refractivity contribution in [3.8, 4) is 0 Å². The Labute approximate surface area is 235 Å². The van der Waals surface area contributed by atoms with E-state index in [1.807, 2.05) is 0 Å². The first-order valence-corrected chi connectivity index (χ1v) is 14.8. The van der Waals surface area contributed by atoms with Crippen LogP contribution in [0.4, 0.5) is 9.52 Å². The fraction of sp³-hybridized carbons (Fsp3) is 0.217. The van der Waals surface area contributed by atoms with Gasteiger partial charge in [0.05, 0.1) is 4.21 Å². The number of carbonyl (C=O) groups excluding carboxylic acids is 2. The van der Waals surface area contributed by atoms with E-state index in [1.54, 1.807) is 0 Å². The Kier molecular flexibility index (Phi) is 7.61. The average molecular weight is 608 g/mol. The molecule has 0 radical (unpaired) electrons. The molecule has 0 aliphatic carbocycles. The first-order valence-electron chi connectivity index (χ1n) is 11.1. The number of thiazole rings is 1. The van der Waals surface area contributed by atoms with Crippen LogP contribution in [0.25, 0.3) is 10.1 Å². The van der Waals surface area contributed by atoms with Gasteiger partial charge in [0.25, 0.3) is 11.8 Å². The molecule has 4 heterocycles. The number of nitrogens with two attached hydrogens (primary N) is 1. The van der Waals surface area contributed by atoms with E-state index in [1.165, 1.54) is 71.6 Å². The van der Waals surface area contributed by atoms with E-state index in [-0.39, 0.29) is 39.2 Å². The van der Waals surface area contributed by atoms with Crippen LogP contribution in [0.3, 0.4) is 0 Å². The number of hydrogen-bond donors (Lipinski definition) is 3. The molecule has 202 valence electrons. The summed E-state index contributed by atoms with van der Waals surface area (Å²) in [6.07, 6.45) is 0. The number of nitrogens with one attached hydrogen (secondary N) is 1. The van der Waals surface area contributed by atoms with Crippen molar-refractivity contribution in [2.24, 2.45) is 5.16 Å². The fourth-order valence-corrected chi connectivity index (χ4v) is 8.32. The monoisotopic (exact) mass is 607 g/mol. The second kappa shape index (κ2) is 11.0. The number of halogens is 1. The molecule has 11 nitrogen and oxygen atoms in total. The van der Waals surface area contributed by atoms with Gasteiger partial charge >= 0.3 is 5.97 Å². The van der Waals surface area contributed by atoms with Crippen LogP contribution in [0.5, 0.6) is 0 Å². The third-order valence-electron chi connectivity index (χ3n) is 5.76. The zero-order valence-electron chi connectivity index (χ0n) is 19.9. The maximum absolute atomic E-state index is 13.7. The van der Waals surface area contributed by atoms with Crippen molar-refractivity contribution >= 4 is 84.9 Å². The van der Waals surface area contributed by atoms with Crippen molar-refractivity contribution in [1.29, 1.82) is 0 Å². The Morgan fingerprint density at radius 1 is 1.36 bits per heavy atom. The lowest BCUT2D eigenvalue weighted by molar-refractivity contribution is -0.150. The lowest BCUT2D eigenvalue weighted by Crippen LogP contribution is -2.71. The number of fused-ring (bicyclic) bond motifs is 2. The molecule has 0 spiro atoms. The van der Waals surface area contributed by atoms with Gasteiger partial charge in [-0.05, 0) is 23.8 Å². The van der Waals surface area contributed by atoms with E-state index in [0.29, 0.717) is 19.9 Å². The number of nitrogens with zero attached hydrogens (tertiary/aromatic N) is 3. The molecule has 2 atom stereocenters. The standard InChI is InChI=1S/C23H18FN5O6S4/c1-35-28-16(12-8-38-23(25)26-12)19(31)27-17-20(32)29-18(22(33)34)9(7-37-21(17)29)6-36-15-5-13(30)11-3-2-10(24)4-14(11)39-15/h2-5,8,17,21H,6-7H2,1H3,(H2,25,26)(H,27,31)(H,33,34)/b28-16-. The molecule has 1 saturated heterocycles. The number of amides is 2. The summed E-state index contributed by atoms with van der Waals surface area (Å²) in [5, 5.41) is 17.8. The van der Waals surface area contributed by atoms with Crippen LogP contribution in [-0.2, 0) is 19.2 Å². The number of carboxylic acid groups (broad SMARTS) is 1. The average Bonchev–Trinajstić information content (AvgIpc) is 3.33. The molecule has 1 aromatic carbocycles. The molecule has 2 amide bonds. The quantitative estimate of drug-likeness (QED) is 0.150. The van der Waals surface area contributed by atoms with Gasteiger partial charge in [0.15, 0.2) is 16.3 Å². The normalized spacial score (nSPS) is 19.1. The Morgan fingerprint density at radius 2 is 2.15 bits per heavy atom. The molecule has 2 unspecified atom stereocenters. The van der Waals surface area contributed by atoms with Crippen LogP contribution in [0, 0.1) is 5.82 Å². The molecule has 2 aliphatic heterocycles. The molecule has 39 heavy (non-hydrogen) atoms. The molecule has 0 bridgehead atoms. The van der Waals surface area contributed by atoms with Crippen molar-refractivity contribution < 1.29 is 28.7 Å². The van der Waals surface area contributed by atoms with Gasteiger partial charge in [-0.2, -0.15) is 0 Å². The minimum absolute atomic E-state index is 0.154. The number of β-lactam (4-membered cyclic amide) rings is 1. The second-order valence-electron chi connectivity index (χ2n) is 8.17. The van der Waals surface area contributed by atoms with Crippen molar-refractivity contribution in [2.75, 3.05) is 24.3 Å². The summed E-state index contributed by atoms with van der Waals surface area (Å²) in [6.45, 7) is 0. The summed E-state index contributed by atoms with van der Waals surface area (Å²) in [4.78, 5) is 60.5. The zero-order valence-corrected chi connectivity index (χ0v) is 23.1. The van der Waals surface area contributed by atoms with E-state index in [9.17, 15) is 28.7 Å². The second-order valence-corrected chi connectivity index (χ2v) is 12.5. The highest BCUT2D eigenvalue weighted by molar-refractivity contribution is 8.02. The molecular formula is C23H18FN5O6S4. The zero-order chi connectivity index (χ0) is 27.8. The molecule has 2 aliphatic rings. The molecule has 2 aromatic heterocycles. The van der Waals surface area contributed by atoms with Gasteiger partial charge in [0, 0.05) is 33.0 Å². The number of aromatic nitrogens is 1. The molecule has 5 rings (SSSR count). The van der Waals surface area contributed by atoms with E-state index in [2.05, 4.69) is 15.5 Å². The topological polar surface area (TPSA) is 164 Å². The highest BCUT2D eigenvalue weighted by atomic mass is 32.2. The van der Waals surface area contributed by atoms with Gasteiger partial charge in [-0.25, -0.2) is 14.2 Å². The van der Waals surface area contributed by atoms with E-state index < -0.39 is 35.0 Å². The third-order valence-corrected chi connectivity index (χ3v) is 10.1. The van der Waals surface area contributed by atoms with E-state index >= 15 is 0 Å². The Morgan fingerprint density at radius 3 is 2.85 bits per heavy atom. The van der Waals surface area contributed by atoms with Gasteiger partial charge < -0.3 is 21.0 Å². The molecule has 4 N–H and O–H groups in total. The Bertz CT molecular complexity index is 1640. The summed E-state index contributed by atoms with van der Waals surface area (Å²) < 4.78 is 14.7. The maximum atomic E-state index is 13.7. The van der Waals surface area contributed by atoms with Crippen molar-refractivity contribution in [2.45, 2.75) is 15.6 Å². The molecular weight excluding hydrogens is 590 g/mol. The van der Waals surface area contributed by atoms with Crippen LogP contribution < -0.4 is 16.5 Å². The summed E-state index contributed by atoms with van der Waals surface area (Å²) in [6, 6.07) is 4.40. The smallest absolute Gasteiger partial charge is 0.352 e. The van der Waals surface area contributed by atoms with Crippen LogP contribution in [0.15, 0.2) is 55.1 Å². The molecule has 3 aromatic rings. The lowest BCUT2D eigenvalue weighted by Gasteiger charge is -2.49. The van der Waals surface area contributed by atoms with Crippen LogP contribution in [-0.4, -0.2) is 68.5 Å². The molecule has 16 heteroatoms. The Balaban J connectivity index is 1.33. The summed E-state index contributed by atoms with van der Waals surface area (Å²) in [5.41, 5.74) is 5.73. The number of anilines is 1. The highest BCUT2D eigenvalue weighted by Gasteiger charge is 2.54. The summed E-state index contributed by atoms with van der Waals surface area (Å²) in [5.74, 6) is -2.54. The van der Waals surface area contributed by atoms with Crippen molar-refractivity contribution in [1.82, 2.24) is 15.2 Å². The number of nitrogen functional groups attached to an aromatic ring is 1. The van der Waals surface area contributed by atoms with Gasteiger partial charge in [-0.1, -0.05) is 5.16 Å². The van der Waals surface area contributed by atoms with Gasteiger partial charge in [0.2, 0.25) is 0 Å². The summed E-state index contributed by atoms with van der Waals surface area (Å²) in [7, 11) is 1.26. The predicted octanol–water partition coefficient (Wildman–Crippen LogP) is 2.32. The van der Waals surface area contributed by atoms with Gasteiger partial charge in [-0.15, -0.1) is 46.2 Å². The number of thioether (sulfide) groups is 2. The maximum Gasteiger partial charge on any atom is 0.352 e. The van der Waals surface area contributed by atoms with E-state index in [0.717, 1.165) is 16.2 Å². The number of carbonyl (C=O) groups is 3. The summed E-state index contributed by atoms with van der Waals surface area (Å²) >= 11 is 4.88. The SMILES string of the molecule is CO/N=C(\C(=O)NC1C(=O)N2C(C(=O)O)=C(CSc3cc(=O)c4ccc(F)cc4s3)CSC12)c1csc(N)n1. The number of rotatable bonds is 8. The highest BCUT2D eigenvalue weighted by Crippen LogP contribution is 2.42. The third kappa shape index (κ3) is 5.24. The number of hydrogen-bond acceptors (Lipinski definition) is 12. The minimum Gasteiger partial charge on any atom is -0.477 e. The van der Waals surface area contributed by atoms with Gasteiger partial charge in [0.1, 0.15) is 35.7 Å². The fourth-order valence-electron chi connectivity index (χ4n) is 4.03. The number of carboxylic acids is 1. The molecule has 1 fully saturated rings. The predicted molar refractivity (Wildman–Crippen MR) is 149 cm³/mol. The first kappa shape index (κ1) is 27.1. The van der Waals surface area contributed by atoms with Crippen LogP contribution >= 0.6 is 46.2 Å². The van der Waals surface area contributed by atoms with E-state index in [4.69, 9.17) is 10.6 Å². The van der Waals surface area contributed by atoms with Crippen molar-refractivity contribution in [3.05, 3.63) is 62.7 Å². The first-order chi connectivity index (χ1) is 18.7. The number of oxime groups is 1. The van der Waals surface area contributed by atoms with Gasteiger partial charge in [-0.3, -0.25) is 19.3 Å². The van der Waals surface area contributed by atoms with Crippen LogP contribution in [0.1, 0.15) is 5.69 Å².